The Hall–Kier alpha value is -3.36. The zero-order valence-corrected chi connectivity index (χ0v) is 16.2. The van der Waals surface area contributed by atoms with Gasteiger partial charge in [-0.05, 0) is 30.9 Å². The Labute approximate surface area is 172 Å². The van der Waals surface area contributed by atoms with Gasteiger partial charge in [0.25, 0.3) is 5.91 Å². The highest BCUT2D eigenvalue weighted by Gasteiger charge is 2.51. The van der Waals surface area contributed by atoms with E-state index in [4.69, 9.17) is 9.26 Å². The van der Waals surface area contributed by atoms with E-state index in [0.29, 0.717) is 31.4 Å². The van der Waals surface area contributed by atoms with Crippen LogP contribution in [-0.2, 0) is 0 Å². The van der Waals surface area contributed by atoms with Crippen molar-refractivity contribution in [2.45, 2.75) is 19.3 Å². The molecule has 0 aromatic carbocycles. The molecule has 1 aliphatic carbocycles. The molecule has 0 radical (unpaired) electrons. The van der Waals surface area contributed by atoms with Crippen molar-refractivity contribution in [2.24, 2.45) is 11.3 Å². The molecule has 1 saturated heterocycles. The second kappa shape index (κ2) is 7.47. The van der Waals surface area contributed by atoms with E-state index in [0.717, 1.165) is 37.2 Å². The monoisotopic (exact) mass is 409 g/mol. The van der Waals surface area contributed by atoms with Crippen molar-refractivity contribution >= 4 is 5.91 Å². The van der Waals surface area contributed by atoms with Crippen molar-refractivity contribution < 1.29 is 18.4 Å². The summed E-state index contributed by atoms with van der Waals surface area (Å²) >= 11 is 0. The van der Waals surface area contributed by atoms with Crippen LogP contribution in [-0.4, -0.2) is 50.6 Å². The summed E-state index contributed by atoms with van der Waals surface area (Å²) < 4.78 is 24.1. The SMILES string of the molecule is O=C(c1cc(-c2cccnc2)on1)N1CC2CCCC2(COc2ncc(F)cn2)C1. The van der Waals surface area contributed by atoms with E-state index < -0.39 is 5.82 Å². The minimum Gasteiger partial charge on any atom is -0.463 e. The third-order valence-corrected chi connectivity index (χ3v) is 6.09. The topological polar surface area (TPSA) is 94.2 Å². The van der Waals surface area contributed by atoms with Gasteiger partial charge in [-0.15, -0.1) is 0 Å². The second-order valence-electron chi connectivity index (χ2n) is 7.93. The van der Waals surface area contributed by atoms with Gasteiger partial charge in [0.1, 0.15) is 0 Å². The number of hydrogen-bond donors (Lipinski definition) is 0. The molecular formula is C21H20FN5O3. The van der Waals surface area contributed by atoms with Crippen LogP contribution in [0.1, 0.15) is 29.8 Å². The number of aromatic nitrogens is 4. The van der Waals surface area contributed by atoms with Crippen LogP contribution in [0.3, 0.4) is 0 Å². The Kier molecular flexibility index (Phi) is 4.65. The number of nitrogens with zero attached hydrogens (tertiary/aromatic N) is 5. The zero-order chi connectivity index (χ0) is 20.6. The van der Waals surface area contributed by atoms with Crippen LogP contribution in [0.15, 0.2) is 47.5 Å². The van der Waals surface area contributed by atoms with Gasteiger partial charge in [0, 0.05) is 42.5 Å². The first-order valence-electron chi connectivity index (χ1n) is 9.90. The Bertz CT molecular complexity index is 1040. The van der Waals surface area contributed by atoms with Crippen LogP contribution in [0.2, 0.25) is 0 Å². The molecule has 0 bridgehead atoms. The maximum Gasteiger partial charge on any atom is 0.316 e. The van der Waals surface area contributed by atoms with Gasteiger partial charge in [0.05, 0.1) is 19.0 Å². The predicted octanol–water partition coefficient (Wildman–Crippen LogP) is 2.99. The number of rotatable bonds is 5. The molecule has 3 aromatic heterocycles. The molecule has 9 heteroatoms. The third-order valence-electron chi connectivity index (χ3n) is 6.09. The first-order valence-corrected chi connectivity index (χ1v) is 9.90. The minimum atomic E-state index is -0.504. The largest absolute Gasteiger partial charge is 0.463 e. The molecular weight excluding hydrogens is 389 g/mol. The van der Waals surface area contributed by atoms with Crippen LogP contribution in [0, 0.1) is 17.2 Å². The lowest BCUT2D eigenvalue weighted by atomic mass is 9.82. The van der Waals surface area contributed by atoms with Gasteiger partial charge in [-0.3, -0.25) is 9.78 Å². The van der Waals surface area contributed by atoms with Gasteiger partial charge >= 0.3 is 6.01 Å². The molecule has 5 rings (SSSR count). The number of likely N-dealkylation sites (tertiary alicyclic amines) is 1. The summed E-state index contributed by atoms with van der Waals surface area (Å²) in [7, 11) is 0. The summed E-state index contributed by atoms with van der Waals surface area (Å²) in [6, 6.07) is 5.46. The number of carbonyl (C=O) groups is 1. The van der Waals surface area contributed by atoms with E-state index in [1.54, 1.807) is 24.5 Å². The van der Waals surface area contributed by atoms with Gasteiger partial charge < -0.3 is 14.2 Å². The first-order chi connectivity index (χ1) is 14.6. The van der Waals surface area contributed by atoms with Gasteiger partial charge in [-0.25, -0.2) is 14.4 Å². The summed E-state index contributed by atoms with van der Waals surface area (Å²) in [5.41, 5.74) is 0.904. The van der Waals surface area contributed by atoms with Gasteiger partial charge in [0.2, 0.25) is 0 Å². The maximum atomic E-state index is 13.1. The van der Waals surface area contributed by atoms with Crippen molar-refractivity contribution in [3.8, 4) is 17.3 Å². The van der Waals surface area contributed by atoms with Gasteiger partial charge in [-0.2, -0.15) is 0 Å². The fourth-order valence-electron chi connectivity index (χ4n) is 4.57. The number of ether oxygens (including phenoxy) is 1. The molecule has 1 amide bonds. The summed E-state index contributed by atoms with van der Waals surface area (Å²) in [6.45, 7) is 1.63. The van der Waals surface area contributed by atoms with Crippen molar-refractivity contribution in [3.05, 3.63) is 54.5 Å². The Balaban J connectivity index is 1.29. The summed E-state index contributed by atoms with van der Waals surface area (Å²) in [5.74, 6) is 0.194. The highest BCUT2D eigenvalue weighted by Crippen LogP contribution is 2.49. The zero-order valence-electron chi connectivity index (χ0n) is 16.2. The van der Waals surface area contributed by atoms with E-state index in [9.17, 15) is 9.18 Å². The first kappa shape index (κ1) is 18.7. The fourth-order valence-corrected chi connectivity index (χ4v) is 4.57. The quantitative estimate of drug-likeness (QED) is 0.639. The van der Waals surface area contributed by atoms with Gasteiger partial charge in [0.15, 0.2) is 17.3 Å². The highest BCUT2D eigenvalue weighted by molar-refractivity contribution is 5.93. The molecule has 2 fully saturated rings. The lowest BCUT2D eigenvalue weighted by Crippen LogP contribution is -2.36. The number of hydrogen-bond acceptors (Lipinski definition) is 7. The number of amides is 1. The molecule has 3 aromatic rings. The Morgan fingerprint density at radius 1 is 1.33 bits per heavy atom. The lowest BCUT2D eigenvalue weighted by Gasteiger charge is -2.28. The van der Waals surface area contributed by atoms with Crippen molar-refractivity contribution in [3.63, 3.8) is 0 Å². The average molecular weight is 409 g/mol. The average Bonchev–Trinajstić information content (AvgIpc) is 3.48. The third kappa shape index (κ3) is 3.40. The summed E-state index contributed by atoms with van der Waals surface area (Å²) in [5, 5.41) is 3.97. The Morgan fingerprint density at radius 2 is 2.20 bits per heavy atom. The van der Waals surface area contributed by atoms with E-state index in [1.165, 1.54) is 0 Å². The van der Waals surface area contributed by atoms with Crippen molar-refractivity contribution in [2.75, 3.05) is 19.7 Å². The molecule has 1 aliphatic heterocycles. The number of pyridine rings is 1. The van der Waals surface area contributed by atoms with Crippen LogP contribution in [0.25, 0.3) is 11.3 Å². The number of fused-ring (bicyclic) bond motifs is 1. The maximum absolute atomic E-state index is 13.1. The molecule has 2 aliphatic rings. The fraction of sp³-hybridized carbons (Fsp3) is 0.381. The highest BCUT2D eigenvalue weighted by atomic mass is 19.1. The van der Waals surface area contributed by atoms with Crippen LogP contribution >= 0.6 is 0 Å². The van der Waals surface area contributed by atoms with Crippen LogP contribution in [0.5, 0.6) is 6.01 Å². The predicted molar refractivity (Wildman–Crippen MR) is 103 cm³/mol. The van der Waals surface area contributed by atoms with Crippen LogP contribution in [0.4, 0.5) is 4.39 Å². The molecule has 1 saturated carbocycles. The van der Waals surface area contributed by atoms with E-state index >= 15 is 0 Å². The smallest absolute Gasteiger partial charge is 0.316 e. The van der Waals surface area contributed by atoms with Crippen LogP contribution < -0.4 is 4.74 Å². The molecule has 154 valence electrons. The molecule has 0 N–H and O–H groups in total. The van der Waals surface area contributed by atoms with E-state index in [2.05, 4.69) is 20.1 Å². The number of carbonyl (C=O) groups excluding carboxylic acids is 1. The molecule has 4 heterocycles. The lowest BCUT2D eigenvalue weighted by molar-refractivity contribution is 0.0732. The molecule has 30 heavy (non-hydrogen) atoms. The minimum absolute atomic E-state index is 0.149. The van der Waals surface area contributed by atoms with E-state index in [1.807, 2.05) is 11.0 Å². The standard InChI is InChI=1S/C21H20FN5O3/c22-16-9-24-20(25-10-16)29-13-21-5-1-4-15(21)11-27(12-21)19(28)17-7-18(30-26-17)14-3-2-6-23-8-14/h2-3,6-10,15H,1,4-5,11-13H2. The normalized spacial score (nSPS) is 22.8. The summed E-state index contributed by atoms with van der Waals surface area (Å²) in [6.07, 6.45) is 8.60. The second-order valence-corrected chi connectivity index (χ2v) is 7.93. The molecule has 2 atom stereocenters. The van der Waals surface area contributed by atoms with E-state index in [-0.39, 0.29) is 23.0 Å². The van der Waals surface area contributed by atoms with Crippen molar-refractivity contribution in [1.82, 2.24) is 25.0 Å². The molecule has 2 unspecified atom stereocenters. The van der Waals surface area contributed by atoms with Gasteiger partial charge in [-0.1, -0.05) is 11.6 Å². The molecule has 8 nitrogen and oxygen atoms in total. The number of halogens is 1. The summed E-state index contributed by atoms with van der Waals surface area (Å²) in [4.78, 5) is 26.7. The van der Waals surface area contributed by atoms with Crippen molar-refractivity contribution in [1.29, 1.82) is 0 Å². The Morgan fingerprint density at radius 3 is 3.00 bits per heavy atom. The molecule has 0 spiro atoms.